The van der Waals surface area contributed by atoms with Crippen LogP contribution in [0.5, 0.6) is 0 Å². The lowest BCUT2D eigenvalue weighted by Crippen LogP contribution is -2.36. The Balaban J connectivity index is 1.60. The molecule has 120 valence electrons. The average Bonchev–Trinajstić information content (AvgIpc) is 3.06. The van der Waals surface area contributed by atoms with Crippen LogP contribution in [0.1, 0.15) is 22.6 Å². The first-order valence-electron chi connectivity index (χ1n) is 7.57. The maximum absolute atomic E-state index is 12.4. The Morgan fingerprint density at radius 1 is 1.39 bits per heavy atom. The maximum atomic E-state index is 12.4. The molecule has 2 aromatic rings. The topological polar surface area (TPSA) is 82.2 Å². The second-order valence-electron chi connectivity index (χ2n) is 5.72. The molecule has 0 aliphatic carbocycles. The lowest BCUT2D eigenvalue weighted by Gasteiger charge is -2.23. The Labute approximate surface area is 134 Å². The molecule has 1 atom stereocenters. The maximum Gasteiger partial charge on any atom is 0.255 e. The molecule has 1 aliphatic rings. The van der Waals surface area contributed by atoms with Crippen LogP contribution in [-0.2, 0) is 6.54 Å². The van der Waals surface area contributed by atoms with Crippen LogP contribution in [0.4, 0.5) is 0 Å². The van der Waals surface area contributed by atoms with E-state index in [9.17, 15) is 9.59 Å². The van der Waals surface area contributed by atoms with Crippen molar-refractivity contribution in [3.05, 3.63) is 58.5 Å². The van der Waals surface area contributed by atoms with Crippen LogP contribution in [0, 0.1) is 0 Å². The molecule has 0 unspecified atom stereocenters. The molecular weight excluding hydrogens is 294 g/mol. The van der Waals surface area contributed by atoms with Crippen molar-refractivity contribution in [1.29, 1.82) is 0 Å². The van der Waals surface area contributed by atoms with Crippen LogP contribution in [0.25, 0.3) is 0 Å². The quantitative estimate of drug-likeness (QED) is 0.889. The molecule has 3 heterocycles. The van der Waals surface area contributed by atoms with Gasteiger partial charge in [0.2, 0.25) is 5.56 Å². The highest BCUT2D eigenvalue weighted by atomic mass is 16.2. The Kier molecular flexibility index (Phi) is 4.47. The van der Waals surface area contributed by atoms with Crippen molar-refractivity contribution in [2.45, 2.75) is 19.0 Å². The number of pyridine rings is 1. The zero-order valence-electron chi connectivity index (χ0n) is 13.0. The third-order valence-corrected chi connectivity index (χ3v) is 4.12. The molecule has 3 rings (SSSR count). The van der Waals surface area contributed by atoms with Crippen molar-refractivity contribution in [3.8, 4) is 0 Å². The minimum atomic E-state index is -0.205. The SMILES string of the molecule is CN(Cc1ncccn1)[C@@H]1CCN(C(=O)c2ccc(=O)[nH]c2)C1. The van der Waals surface area contributed by atoms with Gasteiger partial charge in [0, 0.05) is 43.8 Å². The zero-order chi connectivity index (χ0) is 16.2. The Hall–Kier alpha value is -2.54. The molecule has 0 aromatic carbocycles. The number of rotatable bonds is 4. The number of nitrogens with one attached hydrogen (secondary N) is 1. The first kappa shape index (κ1) is 15.4. The molecule has 0 spiro atoms. The molecule has 1 saturated heterocycles. The normalized spacial score (nSPS) is 17.7. The number of likely N-dealkylation sites (N-methyl/N-ethyl adjacent to an activating group) is 1. The van der Waals surface area contributed by atoms with E-state index in [2.05, 4.69) is 19.9 Å². The van der Waals surface area contributed by atoms with Crippen molar-refractivity contribution in [1.82, 2.24) is 24.8 Å². The van der Waals surface area contributed by atoms with Gasteiger partial charge in [-0.25, -0.2) is 9.97 Å². The van der Waals surface area contributed by atoms with Crippen molar-refractivity contribution >= 4 is 5.91 Å². The number of carbonyl (C=O) groups excluding carboxylic acids is 1. The van der Waals surface area contributed by atoms with E-state index in [4.69, 9.17) is 0 Å². The smallest absolute Gasteiger partial charge is 0.255 e. The summed E-state index contributed by atoms with van der Waals surface area (Å²) in [6.07, 6.45) is 5.85. The summed E-state index contributed by atoms with van der Waals surface area (Å²) in [5.41, 5.74) is 0.308. The number of aromatic amines is 1. The van der Waals surface area contributed by atoms with E-state index < -0.39 is 0 Å². The van der Waals surface area contributed by atoms with Crippen molar-refractivity contribution in [2.24, 2.45) is 0 Å². The number of hydrogen-bond acceptors (Lipinski definition) is 5. The van der Waals surface area contributed by atoms with Crippen molar-refractivity contribution in [2.75, 3.05) is 20.1 Å². The third kappa shape index (κ3) is 3.62. The highest BCUT2D eigenvalue weighted by Gasteiger charge is 2.29. The molecule has 1 aliphatic heterocycles. The molecule has 7 heteroatoms. The van der Waals surface area contributed by atoms with Crippen LogP contribution >= 0.6 is 0 Å². The number of H-pyrrole nitrogens is 1. The number of likely N-dealkylation sites (tertiary alicyclic amines) is 1. The van der Waals surface area contributed by atoms with Crippen LogP contribution in [0.3, 0.4) is 0 Å². The summed E-state index contributed by atoms with van der Waals surface area (Å²) in [4.78, 5) is 38.5. The fourth-order valence-corrected chi connectivity index (χ4v) is 2.78. The van der Waals surface area contributed by atoms with Gasteiger partial charge in [0.05, 0.1) is 12.1 Å². The minimum Gasteiger partial charge on any atom is -0.337 e. The van der Waals surface area contributed by atoms with E-state index >= 15 is 0 Å². The van der Waals surface area contributed by atoms with E-state index in [1.807, 2.05) is 11.9 Å². The molecule has 7 nitrogen and oxygen atoms in total. The number of carbonyl (C=O) groups is 1. The van der Waals surface area contributed by atoms with Gasteiger partial charge in [-0.3, -0.25) is 14.5 Å². The van der Waals surface area contributed by atoms with Gasteiger partial charge in [0.25, 0.3) is 5.91 Å². The van der Waals surface area contributed by atoms with Gasteiger partial charge in [0.1, 0.15) is 5.82 Å². The standard InChI is InChI=1S/C16H19N5O2/c1-20(11-14-17-6-2-7-18-14)13-5-8-21(10-13)16(23)12-3-4-15(22)19-9-12/h2-4,6-7,9,13H,5,8,10-11H2,1H3,(H,19,22)/t13-/m1/s1. The predicted molar refractivity (Wildman–Crippen MR) is 84.9 cm³/mol. The molecular formula is C16H19N5O2. The van der Waals surface area contributed by atoms with E-state index in [1.54, 1.807) is 24.5 Å². The molecule has 2 aromatic heterocycles. The summed E-state index contributed by atoms with van der Waals surface area (Å²) in [6, 6.07) is 5.02. The van der Waals surface area contributed by atoms with Crippen LogP contribution in [0.15, 0.2) is 41.6 Å². The van der Waals surface area contributed by atoms with Gasteiger partial charge in [0.15, 0.2) is 0 Å². The molecule has 1 amide bonds. The minimum absolute atomic E-state index is 0.0480. The Morgan fingerprint density at radius 2 is 2.17 bits per heavy atom. The van der Waals surface area contributed by atoms with Gasteiger partial charge in [-0.1, -0.05) is 0 Å². The summed E-state index contributed by atoms with van der Waals surface area (Å²) in [5, 5.41) is 0. The van der Waals surface area contributed by atoms with Gasteiger partial charge >= 0.3 is 0 Å². The lowest BCUT2D eigenvalue weighted by atomic mass is 10.2. The number of hydrogen-bond donors (Lipinski definition) is 1. The summed E-state index contributed by atoms with van der Waals surface area (Å²) < 4.78 is 0. The summed E-state index contributed by atoms with van der Waals surface area (Å²) in [6.45, 7) is 2.04. The third-order valence-electron chi connectivity index (χ3n) is 4.12. The monoisotopic (exact) mass is 313 g/mol. The zero-order valence-corrected chi connectivity index (χ0v) is 13.0. The van der Waals surface area contributed by atoms with E-state index in [0.29, 0.717) is 25.2 Å². The fraction of sp³-hybridized carbons (Fsp3) is 0.375. The average molecular weight is 313 g/mol. The van der Waals surface area contributed by atoms with E-state index in [-0.39, 0.29) is 17.5 Å². The van der Waals surface area contributed by atoms with Crippen molar-refractivity contribution in [3.63, 3.8) is 0 Å². The number of aromatic nitrogens is 3. The van der Waals surface area contributed by atoms with Crippen molar-refractivity contribution < 1.29 is 4.79 Å². The van der Waals surface area contributed by atoms with Crippen LogP contribution in [0.2, 0.25) is 0 Å². The van der Waals surface area contributed by atoms with Gasteiger partial charge in [-0.2, -0.15) is 0 Å². The lowest BCUT2D eigenvalue weighted by molar-refractivity contribution is 0.0779. The first-order chi connectivity index (χ1) is 11.1. The summed E-state index contributed by atoms with van der Waals surface area (Å²) in [5.74, 6) is 0.730. The second kappa shape index (κ2) is 6.70. The molecule has 0 radical (unpaired) electrons. The molecule has 1 fully saturated rings. The highest BCUT2D eigenvalue weighted by molar-refractivity contribution is 5.94. The number of amides is 1. The van der Waals surface area contributed by atoms with Crippen LogP contribution < -0.4 is 5.56 Å². The van der Waals surface area contributed by atoms with E-state index in [1.165, 1.54) is 12.3 Å². The van der Waals surface area contributed by atoms with E-state index in [0.717, 1.165) is 12.2 Å². The Bertz CT molecular complexity index is 710. The predicted octanol–water partition coefficient (Wildman–Crippen LogP) is 0.511. The molecule has 0 bridgehead atoms. The Morgan fingerprint density at radius 3 is 2.87 bits per heavy atom. The van der Waals surface area contributed by atoms with Gasteiger partial charge < -0.3 is 9.88 Å². The molecule has 0 saturated carbocycles. The molecule has 1 N–H and O–H groups in total. The largest absolute Gasteiger partial charge is 0.337 e. The fourth-order valence-electron chi connectivity index (χ4n) is 2.78. The summed E-state index contributed by atoms with van der Waals surface area (Å²) in [7, 11) is 2.02. The molecule has 23 heavy (non-hydrogen) atoms. The van der Waals surface area contributed by atoms with Crippen LogP contribution in [-0.4, -0.2) is 56.8 Å². The summed E-state index contributed by atoms with van der Waals surface area (Å²) >= 11 is 0. The van der Waals surface area contributed by atoms with Gasteiger partial charge in [-0.15, -0.1) is 0 Å². The van der Waals surface area contributed by atoms with Gasteiger partial charge in [-0.05, 0) is 25.6 Å². The highest BCUT2D eigenvalue weighted by Crippen LogP contribution is 2.17. The first-order valence-corrected chi connectivity index (χ1v) is 7.57. The second-order valence-corrected chi connectivity index (χ2v) is 5.72. The number of nitrogens with zero attached hydrogens (tertiary/aromatic N) is 4.